The fraction of sp³-hybridized carbons (Fsp3) is 0.375. The SMILES string of the molecule is Cc1n[nH]c(C)c1Sc1ccccc1NC(=O)C1CNCCO1. The number of rotatable bonds is 4. The Morgan fingerprint density at radius 3 is 2.91 bits per heavy atom. The Morgan fingerprint density at radius 1 is 1.39 bits per heavy atom. The van der Waals surface area contributed by atoms with Gasteiger partial charge >= 0.3 is 0 Å². The highest BCUT2D eigenvalue weighted by molar-refractivity contribution is 7.99. The summed E-state index contributed by atoms with van der Waals surface area (Å²) in [5, 5.41) is 13.3. The van der Waals surface area contributed by atoms with Crippen LogP contribution in [-0.2, 0) is 9.53 Å². The lowest BCUT2D eigenvalue weighted by Crippen LogP contribution is -2.45. The van der Waals surface area contributed by atoms with Gasteiger partial charge in [0.05, 0.1) is 22.9 Å². The molecule has 2 heterocycles. The number of aryl methyl sites for hydroxylation is 2. The molecule has 23 heavy (non-hydrogen) atoms. The van der Waals surface area contributed by atoms with Crippen molar-refractivity contribution in [2.45, 2.75) is 29.7 Å². The predicted molar refractivity (Wildman–Crippen MR) is 89.9 cm³/mol. The van der Waals surface area contributed by atoms with Gasteiger partial charge in [-0.05, 0) is 26.0 Å². The van der Waals surface area contributed by atoms with E-state index in [-0.39, 0.29) is 5.91 Å². The molecule has 1 fully saturated rings. The summed E-state index contributed by atoms with van der Waals surface area (Å²) in [7, 11) is 0. The summed E-state index contributed by atoms with van der Waals surface area (Å²) in [4.78, 5) is 14.4. The van der Waals surface area contributed by atoms with Crippen LogP contribution >= 0.6 is 11.8 Å². The third-order valence-electron chi connectivity index (χ3n) is 3.64. The molecule has 1 aliphatic heterocycles. The minimum atomic E-state index is -0.445. The first-order valence-corrected chi connectivity index (χ1v) is 8.38. The highest BCUT2D eigenvalue weighted by atomic mass is 32.2. The van der Waals surface area contributed by atoms with Crippen LogP contribution in [0.15, 0.2) is 34.1 Å². The van der Waals surface area contributed by atoms with E-state index < -0.39 is 6.10 Å². The minimum absolute atomic E-state index is 0.120. The predicted octanol–water partition coefficient (Wildman–Crippen LogP) is 2.10. The van der Waals surface area contributed by atoms with Crippen LogP contribution in [0.2, 0.25) is 0 Å². The molecule has 1 saturated heterocycles. The highest BCUT2D eigenvalue weighted by Gasteiger charge is 2.22. The Labute approximate surface area is 139 Å². The summed E-state index contributed by atoms with van der Waals surface area (Å²) >= 11 is 1.60. The lowest BCUT2D eigenvalue weighted by molar-refractivity contribution is -0.128. The van der Waals surface area contributed by atoms with E-state index >= 15 is 0 Å². The summed E-state index contributed by atoms with van der Waals surface area (Å²) in [6, 6.07) is 7.77. The van der Waals surface area contributed by atoms with Gasteiger partial charge in [-0.1, -0.05) is 23.9 Å². The topological polar surface area (TPSA) is 79.0 Å². The zero-order valence-electron chi connectivity index (χ0n) is 13.2. The van der Waals surface area contributed by atoms with Crippen molar-refractivity contribution in [2.24, 2.45) is 0 Å². The van der Waals surface area contributed by atoms with Crippen LogP contribution in [0.3, 0.4) is 0 Å². The summed E-state index contributed by atoms with van der Waals surface area (Å²) in [5.41, 5.74) is 2.76. The number of hydrogen-bond donors (Lipinski definition) is 3. The van der Waals surface area contributed by atoms with Crippen LogP contribution in [0.25, 0.3) is 0 Å². The summed E-state index contributed by atoms with van der Waals surface area (Å²) in [5.74, 6) is -0.120. The van der Waals surface area contributed by atoms with Crippen molar-refractivity contribution in [1.82, 2.24) is 15.5 Å². The van der Waals surface area contributed by atoms with Gasteiger partial charge in [-0.25, -0.2) is 0 Å². The van der Waals surface area contributed by atoms with Crippen LogP contribution in [0.4, 0.5) is 5.69 Å². The monoisotopic (exact) mass is 332 g/mol. The van der Waals surface area contributed by atoms with Gasteiger partial charge in [0.15, 0.2) is 0 Å². The average Bonchev–Trinajstić information content (AvgIpc) is 2.89. The molecule has 1 amide bonds. The number of carbonyl (C=O) groups excluding carboxylic acids is 1. The largest absolute Gasteiger partial charge is 0.366 e. The van der Waals surface area contributed by atoms with Crippen molar-refractivity contribution in [3.63, 3.8) is 0 Å². The molecule has 7 heteroatoms. The maximum absolute atomic E-state index is 12.4. The number of benzene rings is 1. The van der Waals surface area contributed by atoms with E-state index in [1.165, 1.54) is 0 Å². The van der Waals surface area contributed by atoms with E-state index in [0.717, 1.165) is 33.4 Å². The van der Waals surface area contributed by atoms with E-state index in [2.05, 4.69) is 20.8 Å². The maximum Gasteiger partial charge on any atom is 0.254 e. The number of para-hydroxylation sites is 1. The van der Waals surface area contributed by atoms with Gasteiger partial charge in [-0.3, -0.25) is 9.89 Å². The van der Waals surface area contributed by atoms with Gasteiger partial charge in [0.1, 0.15) is 6.10 Å². The van der Waals surface area contributed by atoms with Crippen molar-refractivity contribution in [3.05, 3.63) is 35.7 Å². The summed E-state index contributed by atoms with van der Waals surface area (Å²) < 4.78 is 5.50. The van der Waals surface area contributed by atoms with E-state index in [1.807, 2.05) is 38.1 Å². The number of morpholine rings is 1. The van der Waals surface area contributed by atoms with Crippen LogP contribution in [-0.4, -0.2) is 41.9 Å². The van der Waals surface area contributed by atoms with E-state index in [9.17, 15) is 4.79 Å². The first kappa shape index (κ1) is 16.0. The van der Waals surface area contributed by atoms with E-state index in [1.54, 1.807) is 11.8 Å². The van der Waals surface area contributed by atoms with Crippen LogP contribution in [0.1, 0.15) is 11.4 Å². The number of hydrogen-bond acceptors (Lipinski definition) is 5. The van der Waals surface area contributed by atoms with Crippen molar-refractivity contribution in [3.8, 4) is 0 Å². The fourth-order valence-electron chi connectivity index (χ4n) is 2.41. The molecular formula is C16H20N4O2S. The molecule has 6 nitrogen and oxygen atoms in total. The first-order chi connectivity index (χ1) is 11.1. The first-order valence-electron chi connectivity index (χ1n) is 7.57. The molecule has 1 aromatic carbocycles. The number of carbonyl (C=O) groups is 1. The molecule has 0 spiro atoms. The number of aromatic amines is 1. The Hall–Kier alpha value is -1.83. The third-order valence-corrected chi connectivity index (χ3v) is 5.02. The number of amides is 1. The molecule has 2 aromatic rings. The van der Waals surface area contributed by atoms with Crippen molar-refractivity contribution < 1.29 is 9.53 Å². The zero-order chi connectivity index (χ0) is 16.2. The Balaban J connectivity index is 1.76. The van der Waals surface area contributed by atoms with Crippen molar-refractivity contribution in [1.29, 1.82) is 0 Å². The molecule has 0 bridgehead atoms. The molecule has 1 aromatic heterocycles. The Bertz CT molecular complexity index is 676. The number of ether oxygens (including phenoxy) is 1. The number of nitrogens with zero attached hydrogens (tertiary/aromatic N) is 1. The number of anilines is 1. The van der Waals surface area contributed by atoms with E-state index in [4.69, 9.17) is 4.74 Å². The van der Waals surface area contributed by atoms with Crippen molar-refractivity contribution in [2.75, 3.05) is 25.0 Å². The highest BCUT2D eigenvalue weighted by Crippen LogP contribution is 2.36. The van der Waals surface area contributed by atoms with Crippen LogP contribution in [0, 0.1) is 13.8 Å². The quantitative estimate of drug-likeness (QED) is 0.799. The summed E-state index contributed by atoms with van der Waals surface area (Å²) in [6.45, 7) is 5.85. The molecule has 0 radical (unpaired) electrons. The molecule has 1 unspecified atom stereocenters. The second-order valence-corrected chi connectivity index (χ2v) is 6.47. The zero-order valence-corrected chi connectivity index (χ0v) is 14.0. The Morgan fingerprint density at radius 2 is 2.22 bits per heavy atom. The second kappa shape index (κ2) is 7.16. The average molecular weight is 332 g/mol. The molecule has 1 atom stereocenters. The van der Waals surface area contributed by atoms with Gasteiger partial charge in [0, 0.05) is 23.7 Å². The summed E-state index contributed by atoms with van der Waals surface area (Å²) in [6.07, 6.45) is -0.445. The van der Waals surface area contributed by atoms with Crippen LogP contribution < -0.4 is 10.6 Å². The molecule has 0 saturated carbocycles. The van der Waals surface area contributed by atoms with E-state index in [0.29, 0.717) is 13.2 Å². The number of aromatic nitrogens is 2. The molecule has 3 rings (SSSR count). The number of H-pyrrole nitrogens is 1. The van der Waals surface area contributed by atoms with Gasteiger partial charge in [0.25, 0.3) is 5.91 Å². The van der Waals surface area contributed by atoms with Gasteiger partial charge in [-0.2, -0.15) is 5.10 Å². The lowest BCUT2D eigenvalue weighted by atomic mass is 10.2. The standard InChI is InChI=1S/C16H20N4O2S/c1-10-15(11(2)20-19-10)23-14-6-4-3-5-12(14)18-16(21)13-9-17-7-8-22-13/h3-6,13,17H,7-9H2,1-2H3,(H,18,21)(H,19,20). The molecule has 3 N–H and O–H groups in total. The number of nitrogens with one attached hydrogen (secondary N) is 3. The van der Waals surface area contributed by atoms with Gasteiger partial charge in [-0.15, -0.1) is 0 Å². The maximum atomic E-state index is 12.4. The molecule has 1 aliphatic rings. The van der Waals surface area contributed by atoms with Crippen molar-refractivity contribution >= 4 is 23.4 Å². The normalized spacial score (nSPS) is 17.9. The fourth-order valence-corrected chi connectivity index (χ4v) is 3.39. The third kappa shape index (κ3) is 3.74. The minimum Gasteiger partial charge on any atom is -0.366 e. The second-order valence-electron chi connectivity index (χ2n) is 5.41. The lowest BCUT2D eigenvalue weighted by Gasteiger charge is -2.23. The van der Waals surface area contributed by atoms with Crippen LogP contribution in [0.5, 0.6) is 0 Å². The smallest absolute Gasteiger partial charge is 0.254 e. The molecule has 0 aliphatic carbocycles. The molecule has 122 valence electrons. The van der Waals surface area contributed by atoms with Gasteiger partial charge in [0.2, 0.25) is 0 Å². The Kier molecular flexibility index (Phi) is 5.00. The van der Waals surface area contributed by atoms with Gasteiger partial charge < -0.3 is 15.4 Å². The molecular weight excluding hydrogens is 312 g/mol.